The van der Waals surface area contributed by atoms with Gasteiger partial charge >= 0.3 is 5.97 Å². The summed E-state index contributed by atoms with van der Waals surface area (Å²) in [5.41, 5.74) is 1.93. The fourth-order valence-electron chi connectivity index (χ4n) is 2.78. The van der Waals surface area contributed by atoms with Gasteiger partial charge < -0.3 is 9.30 Å². The molecule has 2 aliphatic rings. The van der Waals surface area contributed by atoms with Crippen molar-refractivity contribution in [2.75, 3.05) is 7.11 Å². The number of carbonyl (C=O) groups excluding carboxylic acids is 1. The lowest BCUT2D eigenvalue weighted by Gasteiger charge is -2.11. The van der Waals surface area contributed by atoms with Crippen molar-refractivity contribution < 1.29 is 9.53 Å². The van der Waals surface area contributed by atoms with Gasteiger partial charge in [0.05, 0.1) is 18.4 Å². The van der Waals surface area contributed by atoms with E-state index in [-0.39, 0.29) is 11.1 Å². The molecule has 0 atom stereocenters. The van der Waals surface area contributed by atoms with Crippen LogP contribution in [0.1, 0.15) is 10.4 Å². The molecule has 0 fully saturated rings. The molecule has 0 saturated carbocycles. The van der Waals surface area contributed by atoms with Crippen molar-refractivity contribution in [1.82, 2.24) is 19.3 Å². The van der Waals surface area contributed by atoms with Crippen molar-refractivity contribution in [1.29, 1.82) is 0 Å². The Morgan fingerprint density at radius 2 is 1.73 bits per heavy atom. The number of benzene rings is 1. The monoisotopic (exact) mass is 346 g/mol. The molecule has 0 radical (unpaired) electrons. The lowest BCUT2D eigenvalue weighted by Crippen LogP contribution is -2.15. The van der Waals surface area contributed by atoms with E-state index >= 15 is 0 Å². The van der Waals surface area contributed by atoms with Crippen LogP contribution < -0.4 is 5.56 Å². The van der Waals surface area contributed by atoms with Crippen molar-refractivity contribution >= 4 is 5.97 Å². The van der Waals surface area contributed by atoms with Crippen molar-refractivity contribution in [2.24, 2.45) is 0 Å². The quantitative estimate of drug-likeness (QED) is 0.532. The fraction of sp³-hybridized carbons (Fsp3) is 0.0526. The van der Waals surface area contributed by atoms with Crippen LogP contribution in [-0.4, -0.2) is 32.4 Å². The van der Waals surface area contributed by atoms with E-state index in [1.807, 2.05) is 18.2 Å². The summed E-state index contributed by atoms with van der Waals surface area (Å²) in [5.74, 6) is -0.559. The first-order chi connectivity index (χ1) is 12.7. The number of esters is 1. The molecule has 26 heavy (non-hydrogen) atoms. The van der Waals surface area contributed by atoms with Gasteiger partial charge in [0, 0.05) is 30.5 Å². The summed E-state index contributed by atoms with van der Waals surface area (Å²) in [6.45, 7) is 0. The smallest absolute Gasteiger partial charge is 0.341 e. The van der Waals surface area contributed by atoms with E-state index in [0.717, 1.165) is 5.69 Å². The third-order valence-electron chi connectivity index (χ3n) is 4.04. The lowest BCUT2D eigenvalue weighted by molar-refractivity contribution is 0.0600. The Bertz CT molecular complexity index is 1100. The molecule has 2 aliphatic heterocycles. The van der Waals surface area contributed by atoms with Gasteiger partial charge in [0.2, 0.25) is 0 Å². The standard InChI is InChI=1S/C19H14N4O3/c1-26-19(25)16-12-22(13-7-9-20-10-8-13)11-15-17(16)21-23(18(15)24)14-5-3-2-4-6-14/h2-12H,1H3. The van der Waals surface area contributed by atoms with E-state index in [0.29, 0.717) is 16.9 Å². The zero-order valence-electron chi connectivity index (χ0n) is 13.9. The normalized spacial score (nSPS) is 10.8. The first kappa shape index (κ1) is 15.8. The molecule has 0 N–H and O–H groups in total. The van der Waals surface area contributed by atoms with Gasteiger partial charge in [-0.2, -0.15) is 9.78 Å². The highest BCUT2D eigenvalue weighted by Crippen LogP contribution is 2.24. The number of aromatic nitrogens is 4. The third-order valence-corrected chi connectivity index (χ3v) is 4.04. The Balaban J connectivity index is 2.01. The lowest BCUT2D eigenvalue weighted by atomic mass is 10.1. The minimum absolute atomic E-state index is 0.216. The molecule has 128 valence electrons. The average Bonchev–Trinajstić information content (AvgIpc) is 3.04. The molecule has 4 rings (SSSR count). The van der Waals surface area contributed by atoms with Gasteiger partial charge in [-0.15, -0.1) is 0 Å². The molecule has 0 unspecified atom stereocenters. The number of ether oxygens (including phenoxy) is 1. The van der Waals surface area contributed by atoms with Crippen LogP contribution in [0.15, 0.2) is 72.0 Å². The molecule has 7 nitrogen and oxygen atoms in total. The van der Waals surface area contributed by atoms with Crippen LogP contribution in [-0.2, 0) is 4.74 Å². The van der Waals surface area contributed by atoms with Crippen LogP contribution in [0.3, 0.4) is 0 Å². The van der Waals surface area contributed by atoms with Crippen molar-refractivity contribution in [3.63, 3.8) is 0 Å². The van der Waals surface area contributed by atoms with E-state index < -0.39 is 5.97 Å². The van der Waals surface area contributed by atoms with E-state index in [4.69, 9.17) is 4.74 Å². The first-order valence-corrected chi connectivity index (χ1v) is 7.88. The number of carbonyl (C=O) groups is 1. The van der Waals surface area contributed by atoms with Gasteiger partial charge in [0.25, 0.3) is 5.56 Å². The molecule has 0 amide bonds. The Hall–Kier alpha value is -3.74. The van der Waals surface area contributed by atoms with Crippen LogP contribution in [0.5, 0.6) is 0 Å². The van der Waals surface area contributed by atoms with Crippen LogP contribution in [0.25, 0.3) is 22.6 Å². The minimum atomic E-state index is -0.559. The number of para-hydroxylation sites is 1. The molecule has 2 aromatic rings. The topological polar surface area (TPSA) is 79.0 Å². The second kappa shape index (κ2) is 6.29. The fourth-order valence-corrected chi connectivity index (χ4v) is 2.78. The number of methoxy groups -OCH3 is 1. The number of nitrogens with zero attached hydrogens (tertiary/aromatic N) is 4. The van der Waals surface area contributed by atoms with Crippen LogP contribution >= 0.6 is 0 Å². The van der Waals surface area contributed by atoms with Crippen molar-refractivity contribution in [2.45, 2.75) is 0 Å². The van der Waals surface area contributed by atoms with E-state index in [9.17, 15) is 9.59 Å². The van der Waals surface area contributed by atoms with E-state index in [1.165, 1.54) is 11.8 Å². The van der Waals surface area contributed by atoms with Crippen molar-refractivity contribution in [3.05, 3.63) is 83.2 Å². The summed E-state index contributed by atoms with van der Waals surface area (Å²) in [7, 11) is 1.30. The molecule has 1 aromatic heterocycles. The Labute approximate surface area is 148 Å². The summed E-state index contributed by atoms with van der Waals surface area (Å²) in [6.07, 6.45) is 6.53. The molecule has 0 aliphatic carbocycles. The highest BCUT2D eigenvalue weighted by Gasteiger charge is 2.25. The third kappa shape index (κ3) is 2.55. The van der Waals surface area contributed by atoms with Gasteiger partial charge in [0.1, 0.15) is 11.3 Å². The zero-order valence-corrected chi connectivity index (χ0v) is 13.9. The Kier molecular flexibility index (Phi) is 3.81. The number of hydrogen-bond donors (Lipinski definition) is 0. The van der Waals surface area contributed by atoms with Crippen LogP contribution in [0.4, 0.5) is 0 Å². The summed E-state index contributed by atoms with van der Waals surface area (Å²) >= 11 is 0. The SMILES string of the molecule is COC(=O)c1cn(-c2ccncc2)cc2c(=O)n(-c3ccccc3)nc1-2. The molecule has 0 spiro atoms. The number of rotatable bonds is 3. The minimum Gasteiger partial charge on any atom is -0.465 e. The molecule has 0 bridgehead atoms. The Morgan fingerprint density at radius 3 is 2.42 bits per heavy atom. The predicted molar refractivity (Wildman–Crippen MR) is 94.9 cm³/mol. The Morgan fingerprint density at radius 1 is 1.00 bits per heavy atom. The second-order valence-corrected chi connectivity index (χ2v) is 5.59. The predicted octanol–water partition coefficient (Wildman–Crippen LogP) is 2.31. The van der Waals surface area contributed by atoms with Crippen LogP contribution in [0, 0.1) is 0 Å². The largest absolute Gasteiger partial charge is 0.465 e. The highest BCUT2D eigenvalue weighted by atomic mass is 16.5. The number of pyridine rings is 2. The number of fused-ring (bicyclic) bond motifs is 1. The summed E-state index contributed by atoms with van der Waals surface area (Å²) in [6, 6.07) is 12.6. The van der Waals surface area contributed by atoms with Gasteiger partial charge in [-0.3, -0.25) is 9.78 Å². The molecule has 1 aromatic carbocycles. The molecular weight excluding hydrogens is 332 g/mol. The van der Waals surface area contributed by atoms with Crippen LogP contribution in [0.2, 0.25) is 0 Å². The summed E-state index contributed by atoms with van der Waals surface area (Å²) in [5, 5.41) is 4.36. The average molecular weight is 346 g/mol. The molecular formula is C19H14N4O3. The maximum absolute atomic E-state index is 12.9. The maximum atomic E-state index is 12.9. The van der Waals surface area contributed by atoms with E-state index in [2.05, 4.69) is 10.1 Å². The van der Waals surface area contributed by atoms with Crippen molar-refractivity contribution in [3.8, 4) is 22.6 Å². The van der Waals surface area contributed by atoms with Gasteiger partial charge in [-0.1, -0.05) is 18.2 Å². The number of hydrogen-bond acceptors (Lipinski definition) is 5. The zero-order chi connectivity index (χ0) is 18.1. The summed E-state index contributed by atoms with van der Waals surface area (Å²) in [4.78, 5) is 29.2. The highest BCUT2D eigenvalue weighted by molar-refractivity contribution is 5.96. The molecule has 3 heterocycles. The van der Waals surface area contributed by atoms with Gasteiger partial charge in [0.15, 0.2) is 0 Å². The van der Waals surface area contributed by atoms with Gasteiger partial charge in [-0.25, -0.2) is 4.79 Å². The molecule has 7 heteroatoms. The first-order valence-electron chi connectivity index (χ1n) is 7.88. The van der Waals surface area contributed by atoms with E-state index in [1.54, 1.807) is 53.6 Å². The second-order valence-electron chi connectivity index (χ2n) is 5.59. The molecule has 0 saturated heterocycles. The van der Waals surface area contributed by atoms with Gasteiger partial charge in [-0.05, 0) is 24.3 Å². The maximum Gasteiger partial charge on any atom is 0.341 e. The summed E-state index contributed by atoms with van der Waals surface area (Å²) < 4.78 is 7.85.